The van der Waals surface area contributed by atoms with Crippen molar-refractivity contribution in [1.29, 1.82) is 0 Å². The van der Waals surface area contributed by atoms with Crippen LogP contribution in [0.15, 0.2) is 18.3 Å². The summed E-state index contributed by atoms with van der Waals surface area (Å²) in [6, 6.07) is 2.72. The molecule has 1 atom stereocenters. The van der Waals surface area contributed by atoms with E-state index < -0.39 is 24.5 Å². The molecule has 0 bridgehead atoms. The Morgan fingerprint density at radius 3 is 2.75 bits per heavy atom. The van der Waals surface area contributed by atoms with Gasteiger partial charge in [0.15, 0.2) is 11.8 Å². The number of hydrogen-bond acceptors (Lipinski definition) is 5. The van der Waals surface area contributed by atoms with Gasteiger partial charge in [-0.1, -0.05) is 0 Å². The lowest BCUT2D eigenvalue weighted by Crippen LogP contribution is -2.36. The van der Waals surface area contributed by atoms with Gasteiger partial charge in [0.1, 0.15) is 5.75 Å². The van der Waals surface area contributed by atoms with E-state index >= 15 is 0 Å². The molecule has 0 aliphatic rings. The monoisotopic (exact) mass is 226 g/mol. The number of aliphatic carboxylic acids is 1. The molecule has 1 rings (SSSR count). The van der Waals surface area contributed by atoms with Crippen molar-refractivity contribution in [3.05, 3.63) is 24.0 Å². The van der Waals surface area contributed by atoms with Crippen molar-refractivity contribution in [2.45, 2.75) is 6.10 Å². The van der Waals surface area contributed by atoms with Gasteiger partial charge in [0.2, 0.25) is 0 Å². The van der Waals surface area contributed by atoms with Crippen LogP contribution in [0.25, 0.3) is 0 Å². The predicted molar refractivity (Wildman–Crippen MR) is 51.9 cm³/mol. The standard InChI is InChI=1S/C9H10N2O5/c12-5-2-1-3-10-7(5)8(14)11-4-6(13)9(15)16/h1-3,6,12-13H,4H2,(H,11,14)(H,15,16)/t6-/m0/s1. The predicted octanol–water partition coefficient (Wildman–Crippen LogP) is -1.04. The second-order valence-electron chi connectivity index (χ2n) is 2.94. The van der Waals surface area contributed by atoms with Gasteiger partial charge >= 0.3 is 5.97 Å². The number of carboxylic acids is 1. The van der Waals surface area contributed by atoms with Gasteiger partial charge in [-0.3, -0.25) is 4.79 Å². The van der Waals surface area contributed by atoms with Crippen molar-refractivity contribution >= 4 is 11.9 Å². The quantitative estimate of drug-likeness (QED) is 0.520. The number of amides is 1. The number of aromatic hydroxyl groups is 1. The summed E-state index contributed by atoms with van der Waals surface area (Å²) in [6.45, 7) is -0.454. The SMILES string of the molecule is O=C(NC[C@H](O)C(=O)O)c1ncccc1O. The van der Waals surface area contributed by atoms with Gasteiger partial charge < -0.3 is 20.6 Å². The normalized spacial score (nSPS) is 11.8. The van der Waals surface area contributed by atoms with Crippen molar-refractivity contribution in [1.82, 2.24) is 10.3 Å². The Morgan fingerprint density at radius 1 is 1.50 bits per heavy atom. The molecule has 1 heterocycles. The lowest BCUT2D eigenvalue weighted by atomic mass is 10.3. The molecule has 0 saturated carbocycles. The third-order valence-corrected chi connectivity index (χ3v) is 1.74. The Kier molecular flexibility index (Phi) is 3.78. The average Bonchev–Trinajstić information content (AvgIpc) is 2.25. The summed E-state index contributed by atoms with van der Waals surface area (Å²) in [4.78, 5) is 25.2. The summed E-state index contributed by atoms with van der Waals surface area (Å²) >= 11 is 0. The molecule has 1 amide bonds. The summed E-state index contributed by atoms with van der Waals surface area (Å²) in [7, 11) is 0. The number of nitrogens with zero attached hydrogens (tertiary/aromatic N) is 1. The van der Waals surface area contributed by atoms with Gasteiger partial charge in [0.25, 0.3) is 5.91 Å². The molecular formula is C9H10N2O5. The first kappa shape index (κ1) is 11.9. The molecule has 16 heavy (non-hydrogen) atoms. The molecule has 0 saturated heterocycles. The topological polar surface area (TPSA) is 120 Å². The minimum atomic E-state index is -1.69. The molecule has 4 N–H and O–H groups in total. The molecule has 7 heteroatoms. The minimum absolute atomic E-state index is 0.222. The number of carboxylic acid groups (broad SMARTS) is 1. The van der Waals surface area contributed by atoms with Crippen molar-refractivity contribution in [3.63, 3.8) is 0 Å². The summed E-state index contributed by atoms with van der Waals surface area (Å²) in [6.07, 6.45) is -0.378. The smallest absolute Gasteiger partial charge is 0.334 e. The van der Waals surface area contributed by atoms with Crippen LogP contribution in [0.1, 0.15) is 10.5 Å². The first-order valence-electron chi connectivity index (χ1n) is 4.35. The lowest BCUT2D eigenvalue weighted by molar-refractivity contribution is -0.146. The number of aliphatic hydroxyl groups is 1. The van der Waals surface area contributed by atoms with E-state index in [4.69, 9.17) is 10.2 Å². The van der Waals surface area contributed by atoms with Crippen LogP contribution in [0.3, 0.4) is 0 Å². The van der Waals surface area contributed by atoms with Crippen molar-refractivity contribution in [2.75, 3.05) is 6.54 Å². The average molecular weight is 226 g/mol. The highest BCUT2D eigenvalue weighted by molar-refractivity contribution is 5.94. The summed E-state index contributed by atoms with van der Waals surface area (Å²) < 4.78 is 0. The fourth-order valence-corrected chi connectivity index (χ4v) is 0.932. The Bertz CT molecular complexity index is 407. The third kappa shape index (κ3) is 2.92. The Labute approximate surface area is 90.4 Å². The zero-order valence-corrected chi connectivity index (χ0v) is 8.12. The molecule has 1 aromatic heterocycles. The molecule has 86 valence electrons. The van der Waals surface area contributed by atoms with E-state index in [1.807, 2.05) is 0 Å². The van der Waals surface area contributed by atoms with Crippen molar-refractivity contribution < 1.29 is 24.9 Å². The van der Waals surface area contributed by atoms with Crippen molar-refractivity contribution in [2.24, 2.45) is 0 Å². The van der Waals surface area contributed by atoms with Gasteiger partial charge in [-0.2, -0.15) is 0 Å². The summed E-state index contributed by atoms with van der Waals surface area (Å²) in [5.74, 6) is -2.51. The second kappa shape index (κ2) is 5.08. The largest absolute Gasteiger partial charge is 0.505 e. The van der Waals surface area contributed by atoms with Gasteiger partial charge in [-0.15, -0.1) is 0 Å². The van der Waals surface area contributed by atoms with Crippen LogP contribution < -0.4 is 5.32 Å². The van der Waals surface area contributed by atoms with Crippen LogP contribution in [-0.4, -0.2) is 44.8 Å². The van der Waals surface area contributed by atoms with Crippen molar-refractivity contribution in [3.8, 4) is 5.75 Å². The Hall–Kier alpha value is -2.15. The van der Waals surface area contributed by atoms with Crippen LogP contribution in [-0.2, 0) is 4.79 Å². The number of carbonyl (C=O) groups excluding carboxylic acids is 1. The minimum Gasteiger partial charge on any atom is -0.505 e. The van der Waals surface area contributed by atoms with E-state index in [9.17, 15) is 14.7 Å². The zero-order chi connectivity index (χ0) is 12.1. The maximum Gasteiger partial charge on any atom is 0.334 e. The number of hydrogen-bond donors (Lipinski definition) is 4. The Balaban J connectivity index is 2.60. The molecule has 0 aliphatic carbocycles. The zero-order valence-electron chi connectivity index (χ0n) is 8.12. The highest BCUT2D eigenvalue weighted by Gasteiger charge is 2.17. The highest BCUT2D eigenvalue weighted by atomic mass is 16.4. The van der Waals surface area contributed by atoms with E-state index in [1.165, 1.54) is 18.3 Å². The number of aromatic nitrogens is 1. The lowest BCUT2D eigenvalue weighted by Gasteiger charge is -2.07. The van der Waals surface area contributed by atoms with Crippen LogP contribution >= 0.6 is 0 Å². The van der Waals surface area contributed by atoms with E-state index in [0.29, 0.717) is 0 Å². The highest BCUT2D eigenvalue weighted by Crippen LogP contribution is 2.11. The van der Waals surface area contributed by atoms with Crippen LogP contribution in [0.4, 0.5) is 0 Å². The molecule has 7 nitrogen and oxygen atoms in total. The second-order valence-corrected chi connectivity index (χ2v) is 2.94. The van der Waals surface area contributed by atoms with Gasteiger partial charge in [-0.05, 0) is 12.1 Å². The maximum atomic E-state index is 11.4. The number of nitrogens with one attached hydrogen (secondary N) is 1. The number of carbonyl (C=O) groups is 2. The molecule has 0 spiro atoms. The first-order valence-corrected chi connectivity index (χ1v) is 4.35. The Morgan fingerprint density at radius 2 is 2.19 bits per heavy atom. The van der Waals surface area contributed by atoms with E-state index in [-0.39, 0.29) is 11.4 Å². The molecule has 0 fully saturated rings. The fourth-order valence-electron chi connectivity index (χ4n) is 0.932. The van der Waals surface area contributed by atoms with Crippen LogP contribution in [0, 0.1) is 0 Å². The summed E-state index contributed by atoms with van der Waals surface area (Å²) in [5.41, 5.74) is -0.222. The van der Waals surface area contributed by atoms with E-state index in [1.54, 1.807) is 0 Å². The van der Waals surface area contributed by atoms with Crippen LogP contribution in [0.2, 0.25) is 0 Å². The maximum absolute atomic E-state index is 11.4. The molecule has 1 aromatic rings. The van der Waals surface area contributed by atoms with Gasteiger partial charge in [0.05, 0.1) is 6.54 Å². The van der Waals surface area contributed by atoms with Gasteiger partial charge in [0, 0.05) is 6.20 Å². The molecule has 0 unspecified atom stereocenters. The summed E-state index contributed by atoms with van der Waals surface area (Å²) in [5, 5.41) is 28.6. The number of aliphatic hydroxyl groups excluding tert-OH is 1. The van der Waals surface area contributed by atoms with E-state index in [2.05, 4.69) is 10.3 Å². The molecular weight excluding hydrogens is 216 g/mol. The molecule has 0 radical (unpaired) electrons. The van der Waals surface area contributed by atoms with Gasteiger partial charge in [-0.25, -0.2) is 9.78 Å². The van der Waals surface area contributed by atoms with E-state index in [0.717, 1.165) is 0 Å². The van der Waals surface area contributed by atoms with Crippen LogP contribution in [0.5, 0.6) is 5.75 Å². The number of pyridine rings is 1. The molecule has 0 aliphatic heterocycles. The first-order chi connectivity index (χ1) is 7.52. The molecule has 0 aromatic carbocycles. The fraction of sp³-hybridized carbons (Fsp3) is 0.222. The third-order valence-electron chi connectivity index (χ3n) is 1.74. The number of rotatable bonds is 4.